The standard InChI is InChI=1S/C15H13Cl2FO/c1-9-7-10(18)5-6-11(9)15(19)8-12-13(16)3-2-4-14(12)17/h2-7,15,19H,8H2,1H3. The van der Waals surface area contributed by atoms with Gasteiger partial charge in [0, 0.05) is 16.5 Å². The molecule has 1 unspecified atom stereocenters. The average Bonchev–Trinajstić information content (AvgIpc) is 2.33. The molecule has 0 spiro atoms. The number of rotatable bonds is 3. The molecule has 0 aromatic heterocycles. The van der Waals surface area contributed by atoms with Crippen LogP contribution in [0.25, 0.3) is 0 Å². The van der Waals surface area contributed by atoms with Gasteiger partial charge in [-0.2, -0.15) is 0 Å². The Labute approximate surface area is 121 Å². The first-order valence-corrected chi connectivity index (χ1v) is 6.61. The van der Waals surface area contributed by atoms with E-state index in [0.717, 1.165) is 0 Å². The van der Waals surface area contributed by atoms with Crippen molar-refractivity contribution in [2.45, 2.75) is 19.4 Å². The SMILES string of the molecule is Cc1cc(F)ccc1C(O)Cc1c(Cl)cccc1Cl. The Balaban J connectivity index is 2.28. The van der Waals surface area contributed by atoms with Gasteiger partial charge in [0.15, 0.2) is 0 Å². The molecule has 1 nitrogen and oxygen atoms in total. The van der Waals surface area contributed by atoms with Crippen LogP contribution in [-0.4, -0.2) is 5.11 Å². The van der Waals surface area contributed by atoms with Crippen LogP contribution in [0.2, 0.25) is 10.0 Å². The first kappa shape index (κ1) is 14.3. The molecule has 0 radical (unpaired) electrons. The van der Waals surface area contributed by atoms with E-state index < -0.39 is 6.10 Å². The molecule has 100 valence electrons. The van der Waals surface area contributed by atoms with Crippen molar-refractivity contribution >= 4 is 23.2 Å². The first-order chi connectivity index (χ1) is 8.99. The molecule has 0 heterocycles. The van der Waals surface area contributed by atoms with E-state index in [4.69, 9.17) is 23.2 Å². The van der Waals surface area contributed by atoms with Gasteiger partial charge in [-0.05, 0) is 47.9 Å². The molecule has 1 N–H and O–H groups in total. The largest absolute Gasteiger partial charge is 0.388 e. The third-order valence-corrected chi connectivity index (χ3v) is 3.76. The second-order valence-corrected chi connectivity index (χ2v) is 5.24. The molecule has 0 saturated heterocycles. The van der Waals surface area contributed by atoms with E-state index in [-0.39, 0.29) is 5.82 Å². The Kier molecular flexibility index (Phi) is 4.46. The predicted molar refractivity (Wildman–Crippen MR) is 76.3 cm³/mol. The van der Waals surface area contributed by atoms with E-state index in [2.05, 4.69) is 0 Å². The number of aliphatic hydroxyl groups excluding tert-OH is 1. The molecule has 2 aromatic rings. The van der Waals surface area contributed by atoms with Gasteiger partial charge in [-0.3, -0.25) is 0 Å². The van der Waals surface area contributed by atoms with E-state index in [1.54, 1.807) is 31.2 Å². The lowest BCUT2D eigenvalue weighted by atomic mass is 9.97. The minimum absolute atomic E-state index is 0.297. The molecular weight excluding hydrogens is 286 g/mol. The van der Waals surface area contributed by atoms with Crippen LogP contribution in [0.4, 0.5) is 4.39 Å². The predicted octanol–water partition coefficient (Wildman–Crippen LogP) is 4.72. The van der Waals surface area contributed by atoms with Crippen LogP contribution in [-0.2, 0) is 6.42 Å². The molecule has 0 bridgehead atoms. The molecule has 19 heavy (non-hydrogen) atoms. The summed E-state index contributed by atoms with van der Waals surface area (Å²) in [6.45, 7) is 1.76. The van der Waals surface area contributed by atoms with Crippen LogP contribution in [0, 0.1) is 12.7 Å². The van der Waals surface area contributed by atoms with Gasteiger partial charge in [-0.15, -0.1) is 0 Å². The number of hydrogen-bond acceptors (Lipinski definition) is 1. The highest BCUT2D eigenvalue weighted by Crippen LogP contribution is 2.30. The Morgan fingerprint density at radius 2 is 1.79 bits per heavy atom. The van der Waals surface area contributed by atoms with Crippen molar-refractivity contribution in [3.63, 3.8) is 0 Å². The molecule has 0 aliphatic rings. The third kappa shape index (κ3) is 3.27. The van der Waals surface area contributed by atoms with Crippen LogP contribution >= 0.6 is 23.2 Å². The Hall–Kier alpha value is -1.09. The van der Waals surface area contributed by atoms with Gasteiger partial charge >= 0.3 is 0 Å². The first-order valence-electron chi connectivity index (χ1n) is 5.86. The van der Waals surface area contributed by atoms with Gasteiger partial charge in [0.2, 0.25) is 0 Å². The topological polar surface area (TPSA) is 20.2 Å². The van der Waals surface area contributed by atoms with Gasteiger partial charge in [0.1, 0.15) is 5.82 Å². The van der Waals surface area contributed by atoms with Gasteiger partial charge in [0.05, 0.1) is 6.10 Å². The average molecular weight is 299 g/mol. The summed E-state index contributed by atoms with van der Waals surface area (Å²) in [5, 5.41) is 11.3. The molecule has 1 atom stereocenters. The second kappa shape index (κ2) is 5.91. The highest BCUT2D eigenvalue weighted by atomic mass is 35.5. The van der Waals surface area contributed by atoms with Crippen LogP contribution in [0.3, 0.4) is 0 Å². The lowest BCUT2D eigenvalue weighted by Gasteiger charge is -2.15. The number of halogens is 3. The minimum Gasteiger partial charge on any atom is -0.388 e. The van der Waals surface area contributed by atoms with E-state index in [0.29, 0.717) is 33.2 Å². The highest BCUT2D eigenvalue weighted by molar-refractivity contribution is 6.36. The maximum absolute atomic E-state index is 13.0. The molecule has 0 aliphatic heterocycles. The molecule has 4 heteroatoms. The van der Waals surface area contributed by atoms with Gasteiger partial charge in [0.25, 0.3) is 0 Å². The highest BCUT2D eigenvalue weighted by Gasteiger charge is 2.15. The molecule has 0 aliphatic carbocycles. The summed E-state index contributed by atoms with van der Waals surface area (Å²) >= 11 is 12.1. The van der Waals surface area contributed by atoms with E-state index in [9.17, 15) is 9.50 Å². The van der Waals surface area contributed by atoms with E-state index in [1.807, 2.05) is 0 Å². The summed E-state index contributed by atoms with van der Waals surface area (Å²) in [6, 6.07) is 9.52. The number of aliphatic hydroxyl groups is 1. The fourth-order valence-electron chi connectivity index (χ4n) is 2.04. The Morgan fingerprint density at radius 3 is 2.37 bits per heavy atom. The zero-order chi connectivity index (χ0) is 14.0. The maximum atomic E-state index is 13.0. The zero-order valence-electron chi connectivity index (χ0n) is 10.3. The zero-order valence-corrected chi connectivity index (χ0v) is 11.8. The summed E-state index contributed by atoms with van der Waals surface area (Å²) in [4.78, 5) is 0. The minimum atomic E-state index is -0.766. The molecule has 0 amide bonds. The molecular formula is C15H13Cl2FO. The summed E-state index contributed by atoms with van der Waals surface area (Å²) in [6.07, 6.45) is -0.469. The quantitative estimate of drug-likeness (QED) is 0.869. The van der Waals surface area contributed by atoms with Crippen LogP contribution < -0.4 is 0 Å². The van der Waals surface area contributed by atoms with Crippen LogP contribution in [0.1, 0.15) is 22.8 Å². The third-order valence-electron chi connectivity index (χ3n) is 3.05. The molecule has 0 fully saturated rings. The lowest BCUT2D eigenvalue weighted by Crippen LogP contribution is -2.05. The number of aryl methyl sites for hydroxylation is 1. The molecule has 2 aromatic carbocycles. The number of hydrogen-bond donors (Lipinski definition) is 1. The lowest BCUT2D eigenvalue weighted by molar-refractivity contribution is 0.177. The van der Waals surface area contributed by atoms with Crippen molar-refractivity contribution in [1.82, 2.24) is 0 Å². The summed E-state index contributed by atoms with van der Waals surface area (Å²) in [5.74, 6) is -0.316. The Morgan fingerprint density at radius 1 is 1.16 bits per heavy atom. The van der Waals surface area contributed by atoms with Gasteiger partial charge in [-0.25, -0.2) is 4.39 Å². The van der Waals surface area contributed by atoms with Crippen molar-refractivity contribution in [1.29, 1.82) is 0 Å². The monoisotopic (exact) mass is 298 g/mol. The van der Waals surface area contributed by atoms with Gasteiger partial charge in [-0.1, -0.05) is 35.3 Å². The van der Waals surface area contributed by atoms with Crippen LogP contribution in [0.5, 0.6) is 0 Å². The second-order valence-electron chi connectivity index (χ2n) is 4.42. The number of benzene rings is 2. The Bertz CT molecular complexity index is 578. The molecule has 0 saturated carbocycles. The van der Waals surface area contributed by atoms with Crippen LogP contribution in [0.15, 0.2) is 36.4 Å². The van der Waals surface area contributed by atoms with E-state index in [1.165, 1.54) is 12.1 Å². The normalized spacial score (nSPS) is 12.5. The van der Waals surface area contributed by atoms with Crippen molar-refractivity contribution in [3.8, 4) is 0 Å². The van der Waals surface area contributed by atoms with Crippen molar-refractivity contribution in [3.05, 3.63) is 69.0 Å². The summed E-state index contributed by atoms with van der Waals surface area (Å²) in [7, 11) is 0. The summed E-state index contributed by atoms with van der Waals surface area (Å²) < 4.78 is 13.0. The maximum Gasteiger partial charge on any atom is 0.123 e. The van der Waals surface area contributed by atoms with Gasteiger partial charge < -0.3 is 5.11 Å². The van der Waals surface area contributed by atoms with Crippen molar-refractivity contribution in [2.75, 3.05) is 0 Å². The van der Waals surface area contributed by atoms with Crippen molar-refractivity contribution < 1.29 is 9.50 Å². The molecule has 2 rings (SSSR count). The van der Waals surface area contributed by atoms with Crippen molar-refractivity contribution in [2.24, 2.45) is 0 Å². The summed E-state index contributed by atoms with van der Waals surface area (Å²) in [5.41, 5.74) is 2.08. The fraction of sp³-hybridized carbons (Fsp3) is 0.200. The fourth-order valence-corrected chi connectivity index (χ4v) is 2.60. The smallest absolute Gasteiger partial charge is 0.123 e. The van der Waals surface area contributed by atoms with E-state index >= 15 is 0 Å².